The fourth-order valence-electron chi connectivity index (χ4n) is 10.6. The maximum Gasteiger partial charge on any atom is 0.343 e. The van der Waals surface area contributed by atoms with Gasteiger partial charge in [0.05, 0.1) is 41.9 Å². The molecule has 11 heteroatoms. The zero-order valence-electron chi connectivity index (χ0n) is 41.2. The van der Waals surface area contributed by atoms with E-state index in [4.69, 9.17) is 23.9 Å². The Morgan fingerprint density at radius 3 is 2.18 bits per heavy atom. The Bertz CT molecular complexity index is 2570. The van der Waals surface area contributed by atoms with Crippen molar-refractivity contribution in [2.75, 3.05) is 0 Å². The lowest BCUT2D eigenvalue weighted by Gasteiger charge is -2.38. The molecule has 0 aliphatic carbocycles. The number of aliphatic hydroxyl groups is 1. The number of cyclic esters (lactones) is 1. The van der Waals surface area contributed by atoms with Crippen molar-refractivity contribution in [3.63, 3.8) is 0 Å². The van der Waals surface area contributed by atoms with Crippen molar-refractivity contribution in [1.82, 2.24) is 9.55 Å². The highest BCUT2D eigenvalue weighted by Crippen LogP contribution is 2.46. The molecule has 3 aliphatic heterocycles. The minimum atomic E-state index is -1.91. The first-order valence-electron chi connectivity index (χ1n) is 24.7. The third-order valence-corrected chi connectivity index (χ3v) is 14.9. The molecule has 4 atom stereocenters. The van der Waals surface area contributed by atoms with Gasteiger partial charge in [0.1, 0.15) is 29.5 Å². The molecule has 2 aromatic heterocycles. The molecule has 1 unspecified atom stereocenters. The van der Waals surface area contributed by atoms with E-state index in [1.54, 1.807) is 35.8 Å². The van der Waals surface area contributed by atoms with Crippen LogP contribution in [0.5, 0.6) is 17.2 Å². The number of esters is 3. The molecule has 0 radical (unpaired) electrons. The highest BCUT2D eigenvalue weighted by molar-refractivity contribution is 5.90. The number of ether oxygens (including phenoxy) is 4. The van der Waals surface area contributed by atoms with E-state index in [1.807, 2.05) is 27.7 Å². The Hall–Kier alpha value is -5.03. The molecule has 66 heavy (non-hydrogen) atoms. The molecule has 0 spiro atoms. The summed E-state index contributed by atoms with van der Waals surface area (Å²) >= 11 is 0. The van der Waals surface area contributed by atoms with E-state index >= 15 is 0 Å². The topological polar surface area (TPSA) is 143 Å². The van der Waals surface area contributed by atoms with E-state index in [0.717, 1.165) is 82.0 Å². The lowest BCUT2D eigenvalue weighted by molar-refractivity contribution is -0.172. The second kappa shape index (κ2) is 20.1. The van der Waals surface area contributed by atoms with Crippen LogP contribution in [-0.4, -0.2) is 38.2 Å². The summed E-state index contributed by atoms with van der Waals surface area (Å²) in [7, 11) is 0. The van der Waals surface area contributed by atoms with Crippen LogP contribution < -0.4 is 19.8 Å². The number of pyridine rings is 2. The number of carbonyl (C=O) groups is 3. The Balaban J connectivity index is 0.939. The third kappa shape index (κ3) is 9.97. The molecule has 0 amide bonds. The van der Waals surface area contributed by atoms with Crippen molar-refractivity contribution in [2.45, 2.75) is 190 Å². The van der Waals surface area contributed by atoms with E-state index in [0.29, 0.717) is 40.7 Å². The number of nitrogens with zero attached hydrogens (tertiary/aromatic N) is 2. The van der Waals surface area contributed by atoms with E-state index in [1.165, 1.54) is 44.9 Å². The van der Waals surface area contributed by atoms with E-state index < -0.39 is 23.5 Å². The van der Waals surface area contributed by atoms with Gasteiger partial charge in [0, 0.05) is 22.1 Å². The quantitative estimate of drug-likeness (QED) is 0.0628. The molecule has 0 bridgehead atoms. The van der Waals surface area contributed by atoms with Crippen molar-refractivity contribution in [3.05, 3.63) is 79.1 Å². The van der Waals surface area contributed by atoms with Crippen LogP contribution >= 0.6 is 0 Å². The summed E-state index contributed by atoms with van der Waals surface area (Å²) in [5.41, 5.74) is 5.46. The number of rotatable bonds is 19. The van der Waals surface area contributed by atoms with Crippen molar-refractivity contribution in [2.24, 2.45) is 17.8 Å². The van der Waals surface area contributed by atoms with Crippen LogP contribution in [0.2, 0.25) is 0 Å². The molecule has 7 rings (SSSR count). The van der Waals surface area contributed by atoms with Gasteiger partial charge in [-0.2, -0.15) is 0 Å². The lowest BCUT2D eigenvalue weighted by atomic mass is 9.83. The SMILES string of the molecule is CCc1c2c(nc3ccc(OC(=O)CCC(=O)Oc4c(C)c(C)c5c(c4C)CCC(C)(CCC[C@H](C)CCC[C@H](C)CCCC(C)C)O5)cc13)-c1cc3c(c(=O)n1C2)COC(=O)[C@]3(O)CC. The standard InChI is InChI=1S/C55H72N2O9/c1-11-39-41-28-38(21-22-45(41)56-49-42(39)30-57-46(49)29-44-43(52(57)60)31-63-53(61)55(44,62)12-2)64-47(58)23-24-48(59)65-50-35(7)36(8)51-40(37(50)9)25-27-54(10,66-51)26-15-20-34(6)19-14-18-33(5)17-13-16-32(3)4/h21-22,28-29,32-34,62H,11-20,23-27,30-31H2,1-10H3/t33-,34-,54?,55+/m1/s1. The summed E-state index contributed by atoms with van der Waals surface area (Å²) in [4.78, 5) is 57.8. The highest BCUT2D eigenvalue weighted by Gasteiger charge is 2.45. The molecule has 356 valence electrons. The monoisotopic (exact) mass is 905 g/mol. The normalized spacial score (nSPS) is 19.4. The number of carbonyl (C=O) groups excluding carboxylic acids is 3. The van der Waals surface area contributed by atoms with Gasteiger partial charge in [-0.3, -0.25) is 14.4 Å². The summed E-state index contributed by atoms with van der Waals surface area (Å²) in [5, 5.41) is 12.0. The Kier molecular flexibility index (Phi) is 14.9. The van der Waals surface area contributed by atoms with Gasteiger partial charge in [0.25, 0.3) is 5.56 Å². The molecule has 5 heterocycles. The zero-order chi connectivity index (χ0) is 47.7. The van der Waals surface area contributed by atoms with Gasteiger partial charge < -0.3 is 28.6 Å². The average molecular weight is 905 g/mol. The smallest absolute Gasteiger partial charge is 0.343 e. The maximum absolute atomic E-state index is 13.7. The first-order chi connectivity index (χ1) is 31.4. The summed E-state index contributed by atoms with van der Waals surface area (Å²) in [6.07, 6.45) is 13.4. The first-order valence-corrected chi connectivity index (χ1v) is 24.7. The largest absolute Gasteiger partial charge is 0.487 e. The van der Waals surface area contributed by atoms with Crippen LogP contribution in [0.15, 0.2) is 29.1 Å². The van der Waals surface area contributed by atoms with Gasteiger partial charge in [-0.1, -0.05) is 86.5 Å². The molecular weight excluding hydrogens is 833 g/mol. The van der Waals surface area contributed by atoms with Gasteiger partial charge >= 0.3 is 17.9 Å². The van der Waals surface area contributed by atoms with E-state index in [9.17, 15) is 24.3 Å². The Labute approximate surface area is 391 Å². The predicted octanol–water partition coefficient (Wildman–Crippen LogP) is 11.4. The van der Waals surface area contributed by atoms with Gasteiger partial charge in [-0.15, -0.1) is 0 Å². The first kappa shape index (κ1) is 48.9. The number of aromatic nitrogens is 2. The number of fused-ring (bicyclic) bond motifs is 6. The van der Waals surface area contributed by atoms with Crippen molar-refractivity contribution >= 4 is 28.8 Å². The minimum absolute atomic E-state index is 0.0599. The molecule has 2 aromatic carbocycles. The van der Waals surface area contributed by atoms with Crippen LogP contribution in [0, 0.1) is 38.5 Å². The fraction of sp³-hybridized carbons (Fsp3) is 0.582. The van der Waals surface area contributed by atoms with E-state index in [2.05, 4.69) is 34.6 Å². The molecule has 1 N–H and O–H groups in total. The molecule has 11 nitrogen and oxygen atoms in total. The van der Waals surface area contributed by atoms with Gasteiger partial charge in [0.2, 0.25) is 0 Å². The van der Waals surface area contributed by atoms with Crippen molar-refractivity contribution in [3.8, 4) is 28.6 Å². The number of hydrogen-bond donors (Lipinski definition) is 1. The average Bonchev–Trinajstić information content (AvgIpc) is 3.65. The number of benzene rings is 2. The lowest BCUT2D eigenvalue weighted by Crippen LogP contribution is -2.44. The fourth-order valence-corrected chi connectivity index (χ4v) is 10.6. The Morgan fingerprint density at radius 1 is 0.848 bits per heavy atom. The molecule has 0 saturated heterocycles. The third-order valence-electron chi connectivity index (χ3n) is 14.9. The van der Waals surface area contributed by atoms with Crippen LogP contribution in [0.4, 0.5) is 0 Å². The van der Waals surface area contributed by atoms with Gasteiger partial charge in [0.15, 0.2) is 5.60 Å². The Morgan fingerprint density at radius 2 is 1.52 bits per heavy atom. The summed E-state index contributed by atoms with van der Waals surface area (Å²) in [6, 6.07) is 6.89. The second-order valence-electron chi connectivity index (χ2n) is 20.4. The van der Waals surface area contributed by atoms with Crippen LogP contribution in [-0.2, 0) is 50.7 Å². The van der Waals surface area contributed by atoms with Crippen LogP contribution in [0.1, 0.15) is 176 Å². The molecule has 0 saturated carbocycles. The van der Waals surface area contributed by atoms with Crippen LogP contribution in [0.3, 0.4) is 0 Å². The van der Waals surface area contributed by atoms with Gasteiger partial charge in [-0.25, -0.2) is 9.78 Å². The van der Waals surface area contributed by atoms with Gasteiger partial charge in [-0.05, 0) is 130 Å². The molecule has 4 aromatic rings. The second-order valence-corrected chi connectivity index (χ2v) is 20.4. The van der Waals surface area contributed by atoms with Crippen molar-refractivity contribution < 1.29 is 38.4 Å². The molecular formula is C55H72N2O9. The number of aryl methyl sites for hydroxylation is 1. The van der Waals surface area contributed by atoms with Crippen LogP contribution in [0.25, 0.3) is 22.3 Å². The molecule has 3 aliphatic rings. The summed E-state index contributed by atoms with van der Waals surface area (Å²) < 4.78 is 25.4. The highest BCUT2D eigenvalue weighted by atomic mass is 16.6. The molecule has 0 fully saturated rings. The summed E-state index contributed by atoms with van der Waals surface area (Å²) in [5.74, 6) is 2.25. The maximum atomic E-state index is 13.7. The minimum Gasteiger partial charge on any atom is -0.487 e. The predicted molar refractivity (Wildman–Crippen MR) is 257 cm³/mol. The summed E-state index contributed by atoms with van der Waals surface area (Å²) in [6.45, 7) is 21.4. The van der Waals surface area contributed by atoms with E-state index in [-0.39, 0.29) is 54.7 Å². The van der Waals surface area contributed by atoms with Crippen molar-refractivity contribution in [1.29, 1.82) is 0 Å². The number of hydrogen-bond acceptors (Lipinski definition) is 10. The zero-order valence-corrected chi connectivity index (χ0v) is 41.2.